The molecule has 12 heteroatoms. The van der Waals surface area contributed by atoms with Crippen molar-refractivity contribution >= 4 is 35.8 Å². The van der Waals surface area contributed by atoms with Gasteiger partial charge < -0.3 is 28.4 Å². The van der Waals surface area contributed by atoms with Gasteiger partial charge in [-0.15, -0.1) is 0 Å². The molecule has 0 spiro atoms. The fraction of sp³-hybridized carbons (Fsp3) is 0.935. The predicted octanol–water partition coefficient (Wildman–Crippen LogP) is 28.5. The third kappa shape index (κ3) is 56.7. The van der Waals surface area contributed by atoms with Crippen molar-refractivity contribution in [2.75, 3.05) is 6.61 Å². The minimum atomic E-state index is -0.365. The molecule has 0 N–H and O–H groups in total. The normalized spacial score (nSPS) is 12.7. The zero-order valence-corrected chi connectivity index (χ0v) is 77.2. The Morgan fingerprint density at radius 2 is 0.524 bits per heavy atom. The van der Waals surface area contributed by atoms with Crippen molar-refractivity contribution in [3.63, 3.8) is 0 Å². The lowest BCUT2D eigenvalue weighted by Crippen LogP contribution is -2.38. The molecule has 0 rings (SSSR count). The maximum atomic E-state index is 12.4. The number of esters is 6. The van der Waals surface area contributed by atoms with Crippen LogP contribution in [-0.2, 0) is 57.2 Å². The molecule has 0 aromatic rings. The Kier molecular flexibility index (Phi) is 68.1. The Bertz CT molecular complexity index is 2060. The smallest absolute Gasteiger partial charge is 0.311 e. The van der Waals surface area contributed by atoms with Crippen molar-refractivity contribution in [3.05, 3.63) is 0 Å². The molecule has 0 saturated carbocycles. The Hall–Kier alpha value is -3.18. The lowest BCUT2D eigenvalue weighted by atomic mass is 9.83. The van der Waals surface area contributed by atoms with Gasteiger partial charge in [-0.1, -0.05) is 224 Å². The summed E-state index contributed by atoms with van der Waals surface area (Å²) in [7, 11) is 0. The van der Waals surface area contributed by atoms with E-state index >= 15 is 0 Å². The molecule has 2 atom stereocenters. The van der Waals surface area contributed by atoms with Crippen LogP contribution in [0.2, 0.25) is 0 Å². The number of ether oxygens (including phenoxy) is 6. The van der Waals surface area contributed by atoms with Crippen LogP contribution < -0.4 is 0 Å². The Morgan fingerprint density at radius 1 is 0.257 bits per heavy atom. The van der Waals surface area contributed by atoms with Crippen LogP contribution in [0.1, 0.15) is 455 Å². The number of hydrogen-bond acceptors (Lipinski definition) is 12. The summed E-state index contributed by atoms with van der Waals surface area (Å²) in [5.41, 5.74) is -2.08. The van der Waals surface area contributed by atoms with Crippen molar-refractivity contribution < 1.29 is 57.2 Å². The first-order valence-electron chi connectivity index (χ1n) is 43.9. The highest BCUT2D eigenvalue weighted by Crippen LogP contribution is 2.33. The van der Waals surface area contributed by atoms with E-state index in [2.05, 4.69) is 125 Å². The Labute approximate surface area is 655 Å². The minimum absolute atomic E-state index is 0.0204. The fourth-order valence-electron chi connectivity index (χ4n) is 10.6. The van der Waals surface area contributed by atoms with Crippen LogP contribution in [-0.4, -0.2) is 72.9 Å². The van der Waals surface area contributed by atoms with Crippen LogP contribution in [0.4, 0.5) is 0 Å². The highest BCUT2D eigenvalue weighted by atomic mass is 16.6. The van der Waals surface area contributed by atoms with E-state index in [-0.39, 0.29) is 98.8 Å². The Balaban J connectivity index is -0.000000281. The zero-order valence-electron chi connectivity index (χ0n) is 77.2. The largest absolute Gasteiger partial charge is 0.465 e. The second kappa shape index (κ2) is 63.5. The SMILES string of the molecule is CCC(C)(C)C(=O)OC(CC(C)C)CC(C)C.CCC(C)(C)C(=O)OC(CCC(C)C)CCC(C)C.CCC(CC)C(OC(=O)C(C)(C)CC)C(CC)CC.CCCCC(CC)COC(=O)C(C)(C)CC.CCCCC(CC)OC(=O)C(C)(C)CC.CCCCCC(CCCCC)OC(=O)C(C)(C)CC. The van der Waals surface area contributed by atoms with Crippen molar-refractivity contribution in [3.8, 4) is 0 Å². The molecule has 2 unspecified atom stereocenters. The van der Waals surface area contributed by atoms with Gasteiger partial charge in [0.1, 0.15) is 30.5 Å². The van der Waals surface area contributed by atoms with Crippen molar-refractivity contribution in [2.45, 2.75) is 485 Å². The van der Waals surface area contributed by atoms with Gasteiger partial charge >= 0.3 is 35.8 Å². The molecule has 12 nitrogen and oxygen atoms in total. The van der Waals surface area contributed by atoms with Gasteiger partial charge in [0, 0.05) is 0 Å². The molecule has 0 heterocycles. The van der Waals surface area contributed by atoms with Crippen LogP contribution in [0.5, 0.6) is 0 Å². The van der Waals surface area contributed by atoms with Crippen LogP contribution in [0.25, 0.3) is 0 Å². The monoisotopic (exact) mass is 1500 g/mol. The third-order valence-corrected chi connectivity index (χ3v) is 22.2. The zero-order chi connectivity index (χ0) is 83.0. The first-order valence-corrected chi connectivity index (χ1v) is 43.9. The predicted molar refractivity (Wildman–Crippen MR) is 451 cm³/mol. The average Bonchev–Trinajstić information content (AvgIpc) is 0.854. The molecule has 0 aromatic heterocycles. The van der Waals surface area contributed by atoms with Gasteiger partial charge in [0.15, 0.2) is 0 Å². The maximum Gasteiger partial charge on any atom is 0.311 e. The van der Waals surface area contributed by atoms with Gasteiger partial charge in [0.25, 0.3) is 0 Å². The fourth-order valence-corrected chi connectivity index (χ4v) is 10.6. The van der Waals surface area contributed by atoms with Crippen LogP contribution in [0, 0.1) is 73.9 Å². The summed E-state index contributed by atoms with van der Waals surface area (Å²) in [6.45, 7) is 75.7. The first kappa shape index (κ1) is 113. The first-order chi connectivity index (χ1) is 48.7. The van der Waals surface area contributed by atoms with Crippen LogP contribution >= 0.6 is 0 Å². The molecule has 105 heavy (non-hydrogen) atoms. The van der Waals surface area contributed by atoms with Gasteiger partial charge in [-0.25, -0.2) is 0 Å². The molecular weight excluding hydrogens is 1310 g/mol. The van der Waals surface area contributed by atoms with E-state index in [1.807, 2.05) is 125 Å². The molecule has 0 bridgehead atoms. The van der Waals surface area contributed by atoms with Gasteiger partial charge in [-0.05, 0) is 272 Å². The number of carbonyl (C=O) groups excluding carboxylic acids is 6. The van der Waals surface area contributed by atoms with E-state index in [1.54, 1.807) is 0 Å². The van der Waals surface area contributed by atoms with Crippen LogP contribution in [0.15, 0.2) is 0 Å². The summed E-state index contributed by atoms with van der Waals surface area (Å²) >= 11 is 0. The summed E-state index contributed by atoms with van der Waals surface area (Å²) in [5, 5.41) is 0. The third-order valence-electron chi connectivity index (χ3n) is 22.2. The molecular formula is C93H186O12. The summed E-state index contributed by atoms with van der Waals surface area (Å²) in [6.07, 6.45) is 34.2. The van der Waals surface area contributed by atoms with Gasteiger partial charge in [0.2, 0.25) is 0 Å². The molecule has 0 saturated heterocycles. The Morgan fingerprint density at radius 3 is 0.790 bits per heavy atom. The quantitative estimate of drug-likeness (QED) is 0.0323. The highest BCUT2D eigenvalue weighted by molar-refractivity contribution is 5.78. The lowest BCUT2D eigenvalue weighted by molar-refractivity contribution is -0.167. The van der Waals surface area contributed by atoms with Gasteiger partial charge in [0.05, 0.1) is 39.1 Å². The topological polar surface area (TPSA) is 158 Å². The van der Waals surface area contributed by atoms with E-state index in [9.17, 15) is 28.8 Å². The number of unbranched alkanes of at least 4 members (excludes halogenated alkanes) is 6. The average molecular weight is 1500 g/mol. The van der Waals surface area contributed by atoms with Crippen molar-refractivity contribution in [2.24, 2.45) is 73.9 Å². The molecule has 630 valence electrons. The second-order valence-corrected chi connectivity index (χ2v) is 36.3. The van der Waals surface area contributed by atoms with E-state index in [1.165, 1.54) is 57.8 Å². The molecule has 0 radical (unpaired) electrons. The summed E-state index contributed by atoms with van der Waals surface area (Å²) in [5.74, 6) is 3.74. The molecule has 0 aliphatic rings. The van der Waals surface area contributed by atoms with Crippen molar-refractivity contribution in [1.29, 1.82) is 0 Å². The van der Waals surface area contributed by atoms with Crippen LogP contribution in [0.3, 0.4) is 0 Å². The second-order valence-electron chi connectivity index (χ2n) is 36.3. The van der Waals surface area contributed by atoms with Gasteiger partial charge in [-0.3, -0.25) is 28.8 Å². The summed E-state index contributed by atoms with van der Waals surface area (Å²) < 4.78 is 34.1. The maximum absolute atomic E-state index is 12.4. The molecule has 0 amide bonds. The molecule has 0 aliphatic carbocycles. The van der Waals surface area contributed by atoms with Gasteiger partial charge in [-0.2, -0.15) is 0 Å². The lowest BCUT2D eigenvalue weighted by Gasteiger charge is -2.34. The number of carbonyl (C=O) groups is 6. The van der Waals surface area contributed by atoms with E-state index in [0.717, 1.165) is 148 Å². The van der Waals surface area contributed by atoms with E-state index in [4.69, 9.17) is 28.4 Å². The summed E-state index contributed by atoms with van der Waals surface area (Å²) in [6, 6.07) is 0. The molecule has 0 aromatic carbocycles. The minimum Gasteiger partial charge on any atom is -0.465 e. The van der Waals surface area contributed by atoms with Crippen molar-refractivity contribution in [1.82, 2.24) is 0 Å². The highest BCUT2D eigenvalue weighted by Gasteiger charge is 2.37. The molecule has 0 fully saturated rings. The van der Waals surface area contributed by atoms with E-state index in [0.29, 0.717) is 48.0 Å². The number of hydrogen-bond donors (Lipinski definition) is 0. The summed E-state index contributed by atoms with van der Waals surface area (Å²) in [4.78, 5) is 72.3. The number of rotatable bonds is 51. The standard InChI is InChI=1S/3C17H34O2.C15H30O2.C14H28O2.C13H26O2/c1-8-17(6,7)16(18)19-15(11-9-13(2)3)12-10-14(4)5;1-8-13(9-2)15(14(10-3)11-4)19-16(18)17(6,7)12-5;1-6-9-11-13-15(14-12-10-7-2)19-16(18)17(4,5)8-3;1-8-15(6,7)14(16)17-13(9-11(2)3)10-12(4)5;1-6-9-10-12(7-2)11-16-13(15)14(4,5)8-3;1-6-9-10-11(7-2)15-12(14)13(4,5)8-3/h2*13-15H,8-12H2,1-7H3;15H,6-14H2,1-5H3;11-13H,8-10H2,1-7H3;12H,6-11H2,1-5H3;11H,6-10H2,1-5H3. The molecule has 0 aliphatic heterocycles. The van der Waals surface area contributed by atoms with E-state index < -0.39 is 0 Å².